The molecule has 0 amide bonds. The first kappa shape index (κ1) is 11.0. The standard InChI is InChI=1S/C13H16N2OS/c1-16-12-8-4-7-11(12)14-13-9-5-2-3-6-10(9)15-17-13/h2-3,5-6,11-12,14H,4,7-8H2,1H3. The zero-order valence-corrected chi connectivity index (χ0v) is 10.7. The van der Waals surface area contributed by atoms with Gasteiger partial charge in [0.05, 0.1) is 17.7 Å². The molecule has 17 heavy (non-hydrogen) atoms. The van der Waals surface area contributed by atoms with Gasteiger partial charge in [0.15, 0.2) is 0 Å². The molecule has 2 unspecified atom stereocenters. The van der Waals surface area contributed by atoms with E-state index < -0.39 is 0 Å². The molecule has 0 bridgehead atoms. The molecule has 1 heterocycles. The Balaban J connectivity index is 1.85. The van der Waals surface area contributed by atoms with Crippen LogP contribution in [0, 0.1) is 0 Å². The van der Waals surface area contributed by atoms with E-state index in [1.165, 1.54) is 23.2 Å². The summed E-state index contributed by atoms with van der Waals surface area (Å²) in [5.41, 5.74) is 1.08. The lowest BCUT2D eigenvalue weighted by Gasteiger charge is -2.19. The van der Waals surface area contributed by atoms with Crippen LogP contribution in [0.3, 0.4) is 0 Å². The Morgan fingerprint density at radius 1 is 1.35 bits per heavy atom. The van der Waals surface area contributed by atoms with Gasteiger partial charge in [0.25, 0.3) is 0 Å². The van der Waals surface area contributed by atoms with Crippen LogP contribution in [0.2, 0.25) is 0 Å². The van der Waals surface area contributed by atoms with Crippen LogP contribution in [0.4, 0.5) is 5.00 Å². The fourth-order valence-corrected chi connectivity index (χ4v) is 3.36. The smallest absolute Gasteiger partial charge is 0.117 e. The first-order valence-corrected chi connectivity index (χ1v) is 6.79. The van der Waals surface area contributed by atoms with E-state index in [9.17, 15) is 0 Å². The van der Waals surface area contributed by atoms with Crippen LogP contribution in [-0.4, -0.2) is 23.6 Å². The van der Waals surface area contributed by atoms with Gasteiger partial charge in [-0.15, -0.1) is 0 Å². The van der Waals surface area contributed by atoms with Crippen molar-refractivity contribution >= 4 is 27.4 Å². The second kappa shape index (κ2) is 4.63. The van der Waals surface area contributed by atoms with Gasteiger partial charge in [0, 0.05) is 12.5 Å². The molecule has 2 atom stereocenters. The highest BCUT2D eigenvalue weighted by atomic mass is 32.1. The molecule has 1 saturated carbocycles. The second-order valence-electron chi connectivity index (χ2n) is 4.48. The highest BCUT2D eigenvalue weighted by Gasteiger charge is 2.27. The van der Waals surface area contributed by atoms with Crippen LogP contribution in [0.5, 0.6) is 0 Å². The first-order chi connectivity index (χ1) is 8.38. The third-order valence-corrected chi connectivity index (χ3v) is 4.26. The van der Waals surface area contributed by atoms with Gasteiger partial charge in [-0.1, -0.05) is 12.1 Å². The van der Waals surface area contributed by atoms with Gasteiger partial charge in [-0.05, 0) is 42.9 Å². The highest BCUT2D eigenvalue weighted by molar-refractivity contribution is 7.11. The molecule has 1 N–H and O–H groups in total. The first-order valence-electron chi connectivity index (χ1n) is 6.02. The van der Waals surface area contributed by atoms with Crippen LogP contribution in [0.15, 0.2) is 24.3 Å². The molecule has 0 radical (unpaired) electrons. The van der Waals surface area contributed by atoms with Crippen molar-refractivity contribution in [3.63, 3.8) is 0 Å². The molecular formula is C13H16N2OS. The van der Waals surface area contributed by atoms with E-state index in [2.05, 4.69) is 27.9 Å². The summed E-state index contributed by atoms with van der Waals surface area (Å²) in [5.74, 6) is 0. The minimum Gasteiger partial charge on any atom is -0.379 e. The predicted molar refractivity (Wildman–Crippen MR) is 71.7 cm³/mol. The van der Waals surface area contributed by atoms with E-state index in [0.29, 0.717) is 12.1 Å². The summed E-state index contributed by atoms with van der Waals surface area (Å²) in [5, 5.41) is 5.99. The molecule has 0 aliphatic heterocycles. The van der Waals surface area contributed by atoms with Gasteiger partial charge in [-0.2, -0.15) is 4.37 Å². The van der Waals surface area contributed by atoms with Crippen molar-refractivity contribution in [2.75, 3.05) is 12.4 Å². The summed E-state index contributed by atoms with van der Waals surface area (Å²) >= 11 is 1.55. The van der Waals surface area contributed by atoms with Crippen molar-refractivity contribution in [2.45, 2.75) is 31.4 Å². The number of nitrogens with zero attached hydrogens (tertiary/aromatic N) is 1. The molecule has 3 nitrogen and oxygen atoms in total. The van der Waals surface area contributed by atoms with Gasteiger partial charge in [0.2, 0.25) is 0 Å². The molecule has 1 fully saturated rings. The largest absolute Gasteiger partial charge is 0.379 e. The number of ether oxygens (including phenoxy) is 1. The number of anilines is 1. The fraction of sp³-hybridized carbons (Fsp3) is 0.462. The minimum absolute atomic E-state index is 0.343. The van der Waals surface area contributed by atoms with Crippen molar-refractivity contribution in [1.29, 1.82) is 0 Å². The maximum absolute atomic E-state index is 5.51. The molecule has 90 valence electrons. The quantitative estimate of drug-likeness (QED) is 0.905. The molecule has 1 aromatic carbocycles. The Hall–Kier alpha value is -1.13. The summed E-state index contributed by atoms with van der Waals surface area (Å²) in [4.78, 5) is 0. The van der Waals surface area contributed by atoms with E-state index in [1.54, 1.807) is 18.6 Å². The monoisotopic (exact) mass is 248 g/mol. The molecule has 4 heteroatoms. The molecule has 0 spiro atoms. The van der Waals surface area contributed by atoms with E-state index in [0.717, 1.165) is 11.9 Å². The Bertz CT molecular complexity index is 511. The van der Waals surface area contributed by atoms with E-state index in [1.807, 2.05) is 6.07 Å². The summed E-state index contributed by atoms with van der Waals surface area (Å²) < 4.78 is 9.96. The average Bonchev–Trinajstić information content (AvgIpc) is 2.97. The Kier molecular flexibility index (Phi) is 2.99. The minimum atomic E-state index is 0.343. The number of methoxy groups -OCH3 is 1. The summed E-state index contributed by atoms with van der Waals surface area (Å²) in [6, 6.07) is 8.70. The lowest BCUT2D eigenvalue weighted by molar-refractivity contribution is 0.101. The summed E-state index contributed by atoms with van der Waals surface area (Å²) in [6.45, 7) is 0. The Morgan fingerprint density at radius 2 is 2.24 bits per heavy atom. The number of hydrogen-bond donors (Lipinski definition) is 1. The maximum atomic E-state index is 5.51. The van der Waals surface area contributed by atoms with Crippen molar-refractivity contribution in [3.8, 4) is 0 Å². The third-order valence-electron chi connectivity index (χ3n) is 3.46. The van der Waals surface area contributed by atoms with Crippen LogP contribution in [0.1, 0.15) is 19.3 Å². The zero-order chi connectivity index (χ0) is 11.7. The molecular weight excluding hydrogens is 232 g/mol. The van der Waals surface area contributed by atoms with Gasteiger partial charge in [0.1, 0.15) is 5.00 Å². The normalized spacial score (nSPS) is 24.3. The van der Waals surface area contributed by atoms with Crippen molar-refractivity contribution in [1.82, 2.24) is 4.37 Å². The van der Waals surface area contributed by atoms with Crippen LogP contribution < -0.4 is 5.32 Å². The van der Waals surface area contributed by atoms with Crippen molar-refractivity contribution in [3.05, 3.63) is 24.3 Å². The van der Waals surface area contributed by atoms with E-state index >= 15 is 0 Å². The highest BCUT2D eigenvalue weighted by Crippen LogP contribution is 2.31. The van der Waals surface area contributed by atoms with Crippen LogP contribution >= 0.6 is 11.5 Å². The predicted octanol–water partition coefficient (Wildman–Crippen LogP) is 3.28. The third kappa shape index (κ3) is 2.03. The number of benzene rings is 1. The van der Waals surface area contributed by atoms with Gasteiger partial charge >= 0.3 is 0 Å². The summed E-state index contributed by atoms with van der Waals surface area (Å²) in [7, 11) is 1.80. The maximum Gasteiger partial charge on any atom is 0.117 e. The molecule has 2 aromatic rings. The molecule has 3 rings (SSSR count). The van der Waals surface area contributed by atoms with E-state index in [-0.39, 0.29) is 0 Å². The zero-order valence-electron chi connectivity index (χ0n) is 9.85. The Labute approximate surface area is 105 Å². The summed E-state index contributed by atoms with van der Waals surface area (Å²) in [6.07, 6.45) is 3.93. The number of rotatable bonds is 3. The second-order valence-corrected chi connectivity index (χ2v) is 5.26. The topological polar surface area (TPSA) is 34.1 Å². The molecule has 1 aromatic heterocycles. The molecule has 1 aliphatic carbocycles. The van der Waals surface area contributed by atoms with E-state index in [4.69, 9.17) is 4.74 Å². The van der Waals surface area contributed by atoms with Crippen molar-refractivity contribution < 1.29 is 4.74 Å². The number of aromatic nitrogens is 1. The number of nitrogens with one attached hydrogen (secondary N) is 1. The van der Waals surface area contributed by atoms with Gasteiger partial charge in [-0.25, -0.2) is 0 Å². The number of fused-ring (bicyclic) bond motifs is 1. The van der Waals surface area contributed by atoms with Crippen molar-refractivity contribution in [2.24, 2.45) is 0 Å². The average molecular weight is 248 g/mol. The van der Waals surface area contributed by atoms with Gasteiger partial charge < -0.3 is 10.1 Å². The Morgan fingerprint density at radius 3 is 3.12 bits per heavy atom. The molecule has 1 aliphatic rings. The lowest BCUT2D eigenvalue weighted by Crippen LogP contribution is -2.29. The van der Waals surface area contributed by atoms with Gasteiger partial charge in [-0.3, -0.25) is 0 Å². The van der Waals surface area contributed by atoms with Crippen LogP contribution in [0.25, 0.3) is 10.9 Å². The fourth-order valence-electron chi connectivity index (χ4n) is 2.53. The SMILES string of the molecule is COC1CCCC1Nc1snc2ccccc12. The van der Waals surface area contributed by atoms with Crippen LogP contribution in [-0.2, 0) is 4.74 Å². The lowest BCUT2D eigenvalue weighted by atomic mass is 10.2. The number of hydrogen-bond acceptors (Lipinski definition) is 4. The molecule has 0 saturated heterocycles.